The molecule has 114 valence electrons. The van der Waals surface area contributed by atoms with Crippen LogP contribution in [0.25, 0.3) is 0 Å². The van der Waals surface area contributed by atoms with E-state index in [1.165, 1.54) is 6.07 Å². The lowest BCUT2D eigenvalue weighted by Crippen LogP contribution is -2.39. The number of halogens is 1. The molecule has 0 aromatic heterocycles. The van der Waals surface area contributed by atoms with Crippen LogP contribution in [0.3, 0.4) is 0 Å². The summed E-state index contributed by atoms with van der Waals surface area (Å²) in [5, 5.41) is 13.4. The molecule has 1 aliphatic heterocycles. The molecule has 1 N–H and O–H groups in total. The average molecular weight is 295 g/mol. The number of nitrogens with one attached hydrogen (secondary N) is 1. The van der Waals surface area contributed by atoms with Gasteiger partial charge < -0.3 is 5.32 Å². The normalized spacial score (nSPS) is 16.7. The third-order valence-corrected chi connectivity index (χ3v) is 3.85. The minimum atomic E-state index is -0.768. The topological polar surface area (TPSA) is 75.5 Å². The Labute approximate surface area is 122 Å². The van der Waals surface area contributed by atoms with Gasteiger partial charge in [-0.05, 0) is 25.9 Å². The lowest BCUT2D eigenvalue weighted by atomic mass is 9.95. The molecule has 0 radical (unpaired) electrons. The molecule has 1 aliphatic rings. The lowest BCUT2D eigenvalue weighted by Gasteiger charge is -2.31. The molecule has 1 amide bonds. The van der Waals surface area contributed by atoms with Gasteiger partial charge >= 0.3 is 5.69 Å². The van der Waals surface area contributed by atoms with Crippen LogP contribution >= 0.6 is 0 Å². The summed E-state index contributed by atoms with van der Waals surface area (Å²) in [6.45, 7) is 1.69. The van der Waals surface area contributed by atoms with Crippen LogP contribution in [0.1, 0.15) is 18.4 Å². The summed E-state index contributed by atoms with van der Waals surface area (Å²) < 4.78 is 14.0. The molecular formula is C14H18FN3O3. The summed E-state index contributed by atoms with van der Waals surface area (Å²) >= 11 is 0. The minimum absolute atomic E-state index is 0.00112. The number of piperidine rings is 1. The lowest BCUT2D eigenvalue weighted by molar-refractivity contribution is -0.387. The fourth-order valence-corrected chi connectivity index (χ4v) is 2.63. The highest BCUT2D eigenvalue weighted by Gasteiger charge is 2.25. The molecule has 1 fully saturated rings. The molecule has 21 heavy (non-hydrogen) atoms. The van der Waals surface area contributed by atoms with Crippen LogP contribution < -0.4 is 5.32 Å². The van der Waals surface area contributed by atoms with Gasteiger partial charge in [-0.15, -0.1) is 0 Å². The van der Waals surface area contributed by atoms with Crippen molar-refractivity contribution in [2.45, 2.75) is 19.4 Å². The molecule has 7 heteroatoms. The Hall–Kier alpha value is -2.02. The zero-order chi connectivity index (χ0) is 15.4. The second-order valence-electron chi connectivity index (χ2n) is 5.17. The zero-order valence-electron chi connectivity index (χ0n) is 11.8. The molecule has 1 heterocycles. The Balaban J connectivity index is 1.99. The molecular weight excluding hydrogens is 277 g/mol. The van der Waals surface area contributed by atoms with Crippen molar-refractivity contribution in [3.05, 3.63) is 39.7 Å². The monoisotopic (exact) mass is 295 g/mol. The number of hydrogen-bond donors (Lipinski definition) is 1. The van der Waals surface area contributed by atoms with Crippen LogP contribution in [0.2, 0.25) is 0 Å². The molecule has 1 aromatic carbocycles. The van der Waals surface area contributed by atoms with E-state index in [-0.39, 0.29) is 11.8 Å². The van der Waals surface area contributed by atoms with Crippen molar-refractivity contribution in [1.29, 1.82) is 0 Å². The highest BCUT2D eigenvalue weighted by molar-refractivity contribution is 5.78. The van der Waals surface area contributed by atoms with Gasteiger partial charge in [0.1, 0.15) is 0 Å². The van der Waals surface area contributed by atoms with Gasteiger partial charge in [0.15, 0.2) is 0 Å². The summed E-state index contributed by atoms with van der Waals surface area (Å²) in [5.41, 5.74) is -0.171. The molecule has 0 saturated carbocycles. The van der Waals surface area contributed by atoms with Gasteiger partial charge in [0.05, 0.1) is 4.92 Å². The number of carbonyl (C=O) groups is 1. The van der Waals surface area contributed by atoms with Crippen LogP contribution in [-0.4, -0.2) is 35.9 Å². The number of amides is 1. The quantitative estimate of drug-likeness (QED) is 0.677. The third-order valence-electron chi connectivity index (χ3n) is 3.85. The van der Waals surface area contributed by atoms with Crippen molar-refractivity contribution in [3.63, 3.8) is 0 Å². The highest BCUT2D eigenvalue weighted by Crippen LogP contribution is 2.24. The van der Waals surface area contributed by atoms with E-state index in [4.69, 9.17) is 0 Å². The number of rotatable bonds is 4. The molecule has 6 nitrogen and oxygen atoms in total. The second-order valence-corrected chi connectivity index (χ2v) is 5.17. The SMILES string of the molecule is CNC(=O)C1CCN(Cc2cccc([N+](=O)[O-])c2F)CC1. The van der Waals surface area contributed by atoms with Gasteiger partial charge in [0, 0.05) is 31.1 Å². The van der Waals surface area contributed by atoms with E-state index in [0.29, 0.717) is 25.2 Å². The van der Waals surface area contributed by atoms with Crippen molar-refractivity contribution in [2.24, 2.45) is 5.92 Å². The average Bonchev–Trinajstić information content (AvgIpc) is 2.49. The molecule has 0 bridgehead atoms. The largest absolute Gasteiger partial charge is 0.359 e. The van der Waals surface area contributed by atoms with Crippen molar-refractivity contribution in [1.82, 2.24) is 10.2 Å². The Morgan fingerprint density at radius 1 is 1.48 bits per heavy atom. The van der Waals surface area contributed by atoms with Crippen molar-refractivity contribution in [3.8, 4) is 0 Å². The number of nitro groups is 1. The van der Waals surface area contributed by atoms with Crippen LogP contribution in [0.15, 0.2) is 18.2 Å². The van der Waals surface area contributed by atoms with Gasteiger partial charge in [-0.3, -0.25) is 19.8 Å². The standard InChI is InChI=1S/C14H18FN3O3/c1-16-14(19)10-5-7-17(8-6-10)9-11-3-2-4-12(13(11)15)18(20)21/h2-4,10H,5-9H2,1H3,(H,16,19). The Bertz CT molecular complexity index is 542. The van der Waals surface area contributed by atoms with E-state index in [9.17, 15) is 19.3 Å². The van der Waals surface area contributed by atoms with E-state index in [2.05, 4.69) is 5.32 Å². The zero-order valence-corrected chi connectivity index (χ0v) is 11.8. The predicted molar refractivity (Wildman–Crippen MR) is 75.1 cm³/mol. The minimum Gasteiger partial charge on any atom is -0.359 e. The van der Waals surface area contributed by atoms with Gasteiger partial charge in [0.25, 0.3) is 0 Å². The van der Waals surface area contributed by atoms with Crippen molar-refractivity contribution >= 4 is 11.6 Å². The van der Waals surface area contributed by atoms with Crippen molar-refractivity contribution < 1.29 is 14.1 Å². The summed E-state index contributed by atoms with van der Waals surface area (Å²) in [4.78, 5) is 23.6. The third kappa shape index (κ3) is 3.55. The maximum Gasteiger partial charge on any atom is 0.305 e. The first-order chi connectivity index (χ1) is 10.0. The number of benzene rings is 1. The van der Waals surface area contributed by atoms with Gasteiger partial charge in [-0.25, -0.2) is 0 Å². The predicted octanol–water partition coefficient (Wildman–Crippen LogP) is 1.69. The number of hydrogen-bond acceptors (Lipinski definition) is 4. The number of carbonyl (C=O) groups excluding carboxylic acids is 1. The van der Waals surface area contributed by atoms with E-state index >= 15 is 0 Å². The number of likely N-dealkylation sites (tertiary alicyclic amines) is 1. The molecule has 0 atom stereocenters. The smallest absolute Gasteiger partial charge is 0.305 e. The summed E-state index contributed by atoms with van der Waals surface area (Å²) in [5.74, 6) is -0.728. The van der Waals surface area contributed by atoms with E-state index < -0.39 is 16.4 Å². The first-order valence-corrected chi connectivity index (χ1v) is 6.88. The molecule has 1 aromatic rings. The molecule has 0 aliphatic carbocycles. The van der Waals surface area contributed by atoms with Crippen LogP contribution in [0.4, 0.5) is 10.1 Å². The van der Waals surface area contributed by atoms with Gasteiger partial charge in [0.2, 0.25) is 11.7 Å². The van der Waals surface area contributed by atoms with Crippen LogP contribution in [0, 0.1) is 21.8 Å². The first kappa shape index (κ1) is 15.4. The maximum atomic E-state index is 14.0. The van der Waals surface area contributed by atoms with Gasteiger partial charge in [-0.1, -0.05) is 12.1 Å². The Kier molecular flexibility index (Phi) is 4.85. The summed E-state index contributed by atoms with van der Waals surface area (Å²) in [6.07, 6.45) is 1.44. The molecule has 2 rings (SSSR count). The van der Waals surface area contributed by atoms with Gasteiger partial charge in [-0.2, -0.15) is 4.39 Å². The van der Waals surface area contributed by atoms with E-state index in [0.717, 1.165) is 18.9 Å². The fraction of sp³-hybridized carbons (Fsp3) is 0.500. The number of nitrogens with zero attached hydrogens (tertiary/aromatic N) is 2. The second kappa shape index (κ2) is 6.62. The van der Waals surface area contributed by atoms with E-state index in [1.54, 1.807) is 13.1 Å². The maximum absolute atomic E-state index is 14.0. The Morgan fingerprint density at radius 3 is 2.71 bits per heavy atom. The number of nitro benzene ring substituents is 1. The fourth-order valence-electron chi connectivity index (χ4n) is 2.63. The highest BCUT2D eigenvalue weighted by atomic mass is 19.1. The molecule has 0 spiro atoms. The first-order valence-electron chi connectivity index (χ1n) is 6.88. The Morgan fingerprint density at radius 2 is 2.14 bits per heavy atom. The van der Waals surface area contributed by atoms with Crippen LogP contribution in [0.5, 0.6) is 0 Å². The summed E-state index contributed by atoms with van der Waals surface area (Å²) in [6, 6.07) is 4.22. The van der Waals surface area contributed by atoms with E-state index in [1.807, 2.05) is 4.90 Å². The van der Waals surface area contributed by atoms with Crippen molar-refractivity contribution in [2.75, 3.05) is 20.1 Å². The van der Waals surface area contributed by atoms with Crippen LogP contribution in [-0.2, 0) is 11.3 Å². The molecule has 1 saturated heterocycles. The molecule has 0 unspecified atom stereocenters. The summed E-state index contributed by atoms with van der Waals surface area (Å²) in [7, 11) is 1.62.